The molecule has 1 heterocycles. The summed E-state index contributed by atoms with van der Waals surface area (Å²) < 4.78 is 18.9. The van der Waals surface area contributed by atoms with E-state index in [9.17, 15) is 9.18 Å². The predicted octanol–water partition coefficient (Wildman–Crippen LogP) is 4.38. The average Bonchev–Trinajstić information content (AvgIpc) is 3.59. The third-order valence-electron chi connectivity index (χ3n) is 6.27. The third-order valence-corrected chi connectivity index (χ3v) is 6.27. The van der Waals surface area contributed by atoms with E-state index in [1.54, 1.807) is 14.0 Å². The molecule has 2 aromatic rings. The Labute approximate surface area is 172 Å². The lowest BCUT2D eigenvalue weighted by molar-refractivity contribution is -0.132. The maximum absolute atomic E-state index is 13.7. The maximum Gasteiger partial charge on any atom is 0.223 e. The van der Waals surface area contributed by atoms with Crippen molar-refractivity contribution in [3.63, 3.8) is 0 Å². The number of carbonyl (C=O) groups excluding carboxylic acids is 1. The first-order chi connectivity index (χ1) is 14.0. The zero-order chi connectivity index (χ0) is 20.4. The number of rotatable bonds is 6. The summed E-state index contributed by atoms with van der Waals surface area (Å²) in [6.07, 6.45) is 2.86. The smallest absolute Gasteiger partial charge is 0.223 e. The number of amides is 1. The molecule has 1 atom stereocenters. The van der Waals surface area contributed by atoms with Crippen LogP contribution in [0.2, 0.25) is 0 Å². The van der Waals surface area contributed by atoms with Crippen LogP contribution in [0.1, 0.15) is 36.3 Å². The number of halogens is 1. The largest absolute Gasteiger partial charge is 0.497 e. The minimum atomic E-state index is -0.177. The molecule has 1 amide bonds. The van der Waals surface area contributed by atoms with Crippen LogP contribution in [-0.2, 0) is 4.79 Å². The molecule has 1 saturated carbocycles. The second-order valence-corrected chi connectivity index (χ2v) is 8.22. The quantitative estimate of drug-likeness (QED) is 0.727. The van der Waals surface area contributed by atoms with Crippen LogP contribution in [0, 0.1) is 18.7 Å². The number of nitrogens with zero attached hydrogens (tertiary/aromatic N) is 2. The molecule has 0 spiro atoms. The first kappa shape index (κ1) is 19.7. The molecular formula is C24H29FN2O2. The highest BCUT2D eigenvalue weighted by Crippen LogP contribution is 2.45. The Morgan fingerprint density at radius 3 is 2.38 bits per heavy atom. The normalized spacial score (nSPS) is 17.9. The molecule has 4 rings (SSSR count). The highest BCUT2D eigenvalue weighted by molar-refractivity contribution is 5.77. The summed E-state index contributed by atoms with van der Waals surface area (Å²) in [5.41, 5.74) is 2.93. The van der Waals surface area contributed by atoms with Gasteiger partial charge in [0.05, 0.1) is 7.11 Å². The van der Waals surface area contributed by atoms with Crippen molar-refractivity contribution in [3.05, 3.63) is 59.4 Å². The van der Waals surface area contributed by atoms with E-state index in [0.29, 0.717) is 17.9 Å². The zero-order valence-electron chi connectivity index (χ0n) is 17.2. The van der Waals surface area contributed by atoms with Gasteiger partial charge in [0.15, 0.2) is 0 Å². The Kier molecular flexibility index (Phi) is 5.74. The number of benzene rings is 2. The van der Waals surface area contributed by atoms with E-state index in [-0.39, 0.29) is 17.6 Å². The van der Waals surface area contributed by atoms with E-state index < -0.39 is 0 Å². The second kappa shape index (κ2) is 8.44. The number of hydrogen-bond acceptors (Lipinski definition) is 3. The summed E-state index contributed by atoms with van der Waals surface area (Å²) in [6.45, 7) is 4.95. The second-order valence-electron chi connectivity index (χ2n) is 8.22. The molecule has 1 unspecified atom stereocenters. The van der Waals surface area contributed by atoms with E-state index in [1.165, 1.54) is 18.9 Å². The third kappa shape index (κ3) is 4.55. The van der Waals surface area contributed by atoms with Crippen molar-refractivity contribution in [2.75, 3.05) is 38.2 Å². The Hall–Kier alpha value is -2.56. The first-order valence-electron chi connectivity index (χ1n) is 10.5. The fourth-order valence-electron chi connectivity index (χ4n) is 4.28. The monoisotopic (exact) mass is 396 g/mol. The van der Waals surface area contributed by atoms with Crippen LogP contribution in [0.25, 0.3) is 0 Å². The van der Waals surface area contributed by atoms with Gasteiger partial charge >= 0.3 is 0 Å². The number of methoxy groups -OCH3 is 1. The highest BCUT2D eigenvalue weighted by Gasteiger charge is 2.35. The van der Waals surface area contributed by atoms with Gasteiger partial charge < -0.3 is 14.5 Å². The molecular weight excluding hydrogens is 367 g/mol. The van der Waals surface area contributed by atoms with Crippen molar-refractivity contribution in [2.45, 2.75) is 32.1 Å². The molecule has 2 fully saturated rings. The van der Waals surface area contributed by atoms with Crippen molar-refractivity contribution < 1.29 is 13.9 Å². The first-order valence-corrected chi connectivity index (χ1v) is 10.5. The van der Waals surface area contributed by atoms with Gasteiger partial charge in [0, 0.05) is 38.3 Å². The summed E-state index contributed by atoms with van der Waals surface area (Å²) in [5, 5.41) is 0. The summed E-state index contributed by atoms with van der Waals surface area (Å²) in [5.74, 6) is 1.66. The predicted molar refractivity (Wildman–Crippen MR) is 113 cm³/mol. The van der Waals surface area contributed by atoms with Gasteiger partial charge in [0.25, 0.3) is 0 Å². The lowest BCUT2D eigenvalue weighted by Gasteiger charge is -2.36. The lowest BCUT2D eigenvalue weighted by Crippen LogP contribution is -2.49. The summed E-state index contributed by atoms with van der Waals surface area (Å²) in [7, 11) is 1.67. The van der Waals surface area contributed by atoms with Crippen molar-refractivity contribution >= 4 is 11.6 Å². The van der Waals surface area contributed by atoms with Crippen molar-refractivity contribution in [2.24, 2.45) is 5.92 Å². The molecule has 0 N–H and O–H groups in total. The number of anilines is 1. The molecule has 29 heavy (non-hydrogen) atoms. The van der Waals surface area contributed by atoms with Gasteiger partial charge in [-0.1, -0.05) is 12.1 Å². The van der Waals surface area contributed by atoms with Crippen LogP contribution in [0.5, 0.6) is 5.75 Å². The van der Waals surface area contributed by atoms with Gasteiger partial charge in [-0.3, -0.25) is 4.79 Å². The minimum Gasteiger partial charge on any atom is -0.497 e. The fourth-order valence-corrected chi connectivity index (χ4v) is 4.28. The number of piperazine rings is 1. The Morgan fingerprint density at radius 1 is 1.10 bits per heavy atom. The summed E-state index contributed by atoms with van der Waals surface area (Å²) >= 11 is 0. The molecule has 154 valence electrons. The van der Waals surface area contributed by atoms with Crippen LogP contribution in [0.3, 0.4) is 0 Å². The SMILES string of the molecule is COc1ccc(N2CCN(C(=O)CC(c3ccc(F)c(C)c3)C3CC3)CC2)cc1. The molecule has 1 aliphatic heterocycles. The van der Waals surface area contributed by atoms with E-state index in [2.05, 4.69) is 17.0 Å². The van der Waals surface area contributed by atoms with Gasteiger partial charge in [-0.25, -0.2) is 4.39 Å². The lowest BCUT2D eigenvalue weighted by atomic mass is 9.89. The topological polar surface area (TPSA) is 32.8 Å². The number of aryl methyl sites for hydroxylation is 1. The summed E-state index contributed by atoms with van der Waals surface area (Å²) in [6, 6.07) is 13.4. The highest BCUT2D eigenvalue weighted by atomic mass is 19.1. The molecule has 2 aromatic carbocycles. The Bertz CT molecular complexity index is 856. The van der Waals surface area contributed by atoms with Gasteiger partial charge in [-0.15, -0.1) is 0 Å². The van der Waals surface area contributed by atoms with Gasteiger partial charge in [-0.05, 0) is 73.1 Å². The minimum absolute atomic E-state index is 0.177. The van der Waals surface area contributed by atoms with Crippen molar-refractivity contribution in [1.82, 2.24) is 4.90 Å². The molecule has 1 aliphatic carbocycles. The average molecular weight is 397 g/mol. The molecule has 1 saturated heterocycles. The molecule has 5 heteroatoms. The Morgan fingerprint density at radius 2 is 1.79 bits per heavy atom. The molecule has 0 bridgehead atoms. The fraction of sp³-hybridized carbons (Fsp3) is 0.458. The zero-order valence-corrected chi connectivity index (χ0v) is 17.2. The Balaban J connectivity index is 1.36. The van der Waals surface area contributed by atoms with Crippen LogP contribution < -0.4 is 9.64 Å². The maximum atomic E-state index is 13.7. The van der Waals surface area contributed by atoms with Crippen LogP contribution in [-0.4, -0.2) is 44.1 Å². The van der Waals surface area contributed by atoms with Crippen molar-refractivity contribution in [1.29, 1.82) is 0 Å². The summed E-state index contributed by atoms with van der Waals surface area (Å²) in [4.78, 5) is 17.3. The van der Waals surface area contributed by atoms with Gasteiger partial charge in [0.2, 0.25) is 5.91 Å². The number of ether oxygens (including phenoxy) is 1. The van der Waals surface area contributed by atoms with Crippen LogP contribution in [0.15, 0.2) is 42.5 Å². The van der Waals surface area contributed by atoms with E-state index in [4.69, 9.17) is 4.74 Å². The van der Waals surface area contributed by atoms with Gasteiger partial charge in [0.1, 0.15) is 11.6 Å². The van der Waals surface area contributed by atoms with E-state index >= 15 is 0 Å². The van der Waals surface area contributed by atoms with Crippen LogP contribution >= 0.6 is 0 Å². The number of hydrogen-bond donors (Lipinski definition) is 0. The van der Waals surface area contributed by atoms with Crippen molar-refractivity contribution in [3.8, 4) is 5.75 Å². The van der Waals surface area contributed by atoms with Crippen LogP contribution in [0.4, 0.5) is 10.1 Å². The molecule has 4 nitrogen and oxygen atoms in total. The standard InChI is InChI=1S/C24H29FN2O2/c1-17-15-19(5-10-23(17)25)22(18-3-4-18)16-24(28)27-13-11-26(12-14-27)20-6-8-21(29-2)9-7-20/h5-10,15,18,22H,3-4,11-14,16H2,1-2H3. The molecule has 0 radical (unpaired) electrons. The number of carbonyl (C=O) groups is 1. The van der Waals surface area contributed by atoms with E-state index in [1.807, 2.05) is 29.2 Å². The molecule has 0 aromatic heterocycles. The molecule has 2 aliphatic rings. The van der Waals surface area contributed by atoms with Gasteiger partial charge in [-0.2, -0.15) is 0 Å². The van der Waals surface area contributed by atoms with E-state index in [0.717, 1.165) is 43.2 Å².